The van der Waals surface area contributed by atoms with Gasteiger partial charge in [-0.25, -0.2) is 8.78 Å². The first-order chi connectivity index (χ1) is 3.92. The minimum Gasteiger partial charge on any atom is -0.206 e. The quantitative estimate of drug-likeness (QED) is 0.371. The predicted molar refractivity (Wildman–Crippen MR) is 29.0 cm³/mol. The Morgan fingerprint density at radius 2 is 1.78 bits per heavy atom. The van der Waals surface area contributed by atoms with E-state index in [9.17, 15) is 17.6 Å². The fourth-order valence-electron chi connectivity index (χ4n) is 0.182. The summed E-state index contributed by atoms with van der Waals surface area (Å²) in [6.07, 6.45) is -2.61. The van der Waals surface area contributed by atoms with Gasteiger partial charge >= 0.3 is 4.83 Å². The highest BCUT2D eigenvalue weighted by Gasteiger charge is 2.18. The van der Waals surface area contributed by atoms with Crippen LogP contribution >= 0.6 is 15.9 Å². The molecule has 0 atom stereocenters. The van der Waals surface area contributed by atoms with Gasteiger partial charge in [-0.3, -0.25) is 0 Å². The summed E-state index contributed by atoms with van der Waals surface area (Å²) < 4.78 is 45.4. The monoisotopic (exact) mass is 206 g/mol. The van der Waals surface area contributed by atoms with Crippen LogP contribution < -0.4 is 0 Å². The van der Waals surface area contributed by atoms with E-state index in [4.69, 9.17) is 0 Å². The Morgan fingerprint density at radius 1 is 1.33 bits per heavy atom. The molecule has 0 N–H and O–H groups in total. The van der Waals surface area contributed by atoms with Crippen molar-refractivity contribution in [2.24, 2.45) is 0 Å². The molecule has 0 fully saturated rings. The fourth-order valence-corrected chi connectivity index (χ4v) is 0.334. The van der Waals surface area contributed by atoms with Crippen molar-refractivity contribution in [2.75, 3.05) is 0 Å². The Hall–Kier alpha value is -0.0600. The van der Waals surface area contributed by atoms with Crippen LogP contribution in [0, 0.1) is 0 Å². The Balaban J connectivity index is 3.71. The molecule has 0 aromatic carbocycles. The standard InChI is InChI=1S/C4H3BrF4/c5-4(8,9)2-1-3(6)7/h1-3H/b2-1-. The van der Waals surface area contributed by atoms with Gasteiger partial charge in [-0.1, -0.05) is 0 Å². The van der Waals surface area contributed by atoms with E-state index in [1.165, 1.54) is 0 Å². The summed E-state index contributed by atoms with van der Waals surface area (Å²) >= 11 is 1.85. The van der Waals surface area contributed by atoms with Gasteiger partial charge in [0.15, 0.2) is 0 Å². The van der Waals surface area contributed by atoms with Crippen molar-refractivity contribution in [2.45, 2.75) is 11.3 Å². The summed E-state index contributed by atoms with van der Waals surface area (Å²) in [5, 5.41) is 0. The third-order valence-electron chi connectivity index (χ3n) is 0.431. The largest absolute Gasteiger partial charge is 0.320 e. The van der Waals surface area contributed by atoms with Gasteiger partial charge in [0.05, 0.1) is 0 Å². The molecule has 0 heterocycles. The minimum absolute atomic E-state index is 0.0949. The summed E-state index contributed by atoms with van der Waals surface area (Å²) in [4.78, 5) is -3.32. The molecule has 0 saturated heterocycles. The molecule has 0 aromatic rings. The van der Waals surface area contributed by atoms with E-state index in [1.807, 2.05) is 15.9 Å². The molecule has 0 aliphatic heterocycles. The van der Waals surface area contributed by atoms with Gasteiger partial charge in [-0.05, 0) is 28.1 Å². The van der Waals surface area contributed by atoms with E-state index < -0.39 is 11.3 Å². The fraction of sp³-hybridized carbons (Fsp3) is 0.500. The zero-order valence-corrected chi connectivity index (χ0v) is 5.71. The van der Waals surface area contributed by atoms with Crippen molar-refractivity contribution < 1.29 is 17.6 Å². The smallest absolute Gasteiger partial charge is 0.206 e. The molecule has 0 spiro atoms. The summed E-state index contributed by atoms with van der Waals surface area (Å²) in [6, 6.07) is 0. The molecule has 0 radical (unpaired) electrons. The van der Waals surface area contributed by atoms with Gasteiger partial charge in [0, 0.05) is 0 Å². The van der Waals surface area contributed by atoms with Gasteiger partial charge < -0.3 is 0 Å². The van der Waals surface area contributed by atoms with Crippen LogP contribution in [0.15, 0.2) is 12.2 Å². The molecule has 0 bridgehead atoms. The van der Waals surface area contributed by atoms with E-state index >= 15 is 0 Å². The molecular weight excluding hydrogens is 204 g/mol. The van der Waals surface area contributed by atoms with Crippen LogP contribution in [-0.2, 0) is 0 Å². The highest BCUT2D eigenvalue weighted by molar-refractivity contribution is 9.10. The Morgan fingerprint density at radius 3 is 1.89 bits per heavy atom. The summed E-state index contributed by atoms with van der Waals surface area (Å²) in [6.45, 7) is 0. The number of allylic oxidation sites excluding steroid dienone is 2. The van der Waals surface area contributed by atoms with Gasteiger partial charge in [0.2, 0.25) is 0 Å². The number of hydrogen-bond acceptors (Lipinski definition) is 0. The summed E-state index contributed by atoms with van der Waals surface area (Å²) in [5.74, 6) is 0. The van der Waals surface area contributed by atoms with Crippen molar-refractivity contribution in [1.29, 1.82) is 0 Å². The highest BCUT2D eigenvalue weighted by Crippen LogP contribution is 2.23. The maximum absolute atomic E-state index is 11.6. The average Bonchev–Trinajstić information content (AvgIpc) is 1.59. The van der Waals surface area contributed by atoms with Gasteiger partial charge in [-0.15, -0.1) is 0 Å². The molecule has 0 aliphatic rings. The Labute approximate surface area is 57.7 Å². The Bertz CT molecular complexity index is 104. The topological polar surface area (TPSA) is 0 Å². The normalized spacial score (nSPS) is 13.6. The van der Waals surface area contributed by atoms with E-state index in [-0.39, 0.29) is 12.2 Å². The first-order valence-corrected chi connectivity index (χ1v) is 2.75. The SMILES string of the molecule is FC(F)/C=C\C(F)(F)Br. The molecule has 9 heavy (non-hydrogen) atoms. The zero-order chi connectivity index (χ0) is 7.49. The second-order valence-corrected chi connectivity index (χ2v) is 2.29. The molecule has 0 rings (SSSR count). The van der Waals surface area contributed by atoms with Crippen LogP contribution in [0.5, 0.6) is 0 Å². The van der Waals surface area contributed by atoms with Crippen molar-refractivity contribution in [3.05, 3.63) is 12.2 Å². The number of rotatable bonds is 2. The lowest BCUT2D eigenvalue weighted by Crippen LogP contribution is -1.98. The van der Waals surface area contributed by atoms with Crippen LogP contribution in [0.2, 0.25) is 0 Å². The van der Waals surface area contributed by atoms with E-state index in [2.05, 4.69) is 0 Å². The molecule has 0 unspecified atom stereocenters. The van der Waals surface area contributed by atoms with E-state index in [0.717, 1.165) is 0 Å². The first-order valence-electron chi connectivity index (χ1n) is 1.96. The maximum Gasteiger partial charge on any atom is 0.320 e. The van der Waals surface area contributed by atoms with Crippen LogP contribution in [0.4, 0.5) is 17.6 Å². The van der Waals surface area contributed by atoms with Crippen LogP contribution in [0.1, 0.15) is 0 Å². The third-order valence-corrected chi connectivity index (χ3v) is 0.695. The van der Waals surface area contributed by atoms with Crippen molar-refractivity contribution in [1.82, 2.24) is 0 Å². The highest BCUT2D eigenvalue weighted by atomic mass is 79.9. The Kier molecular flexibility index (Phi) is 3.17. The number of alkyl halides is 5. The lowest BCUT2D eigenvalue weighted by Gasteiger charge is -1.97. The summed E-state index contributed by atoms with van der Waals surface area (Å²) in [5.41, 5.74) is 0. The minimum atomic E-state index is -3.32. The second-order valence-electron chi connectivity index (χ2n) is 1.24. The predicted octanol–water partition coefficient (Wildman–Crippen LogP) is 2.80. The first kappa shape index (κ1) is 8.94. The lowest BCUT2D eigenvalue weighted by atomic mass is 10.5. The van der Waals surface area contributed by atoms with Gasteiger partial charge in [0.25, 0.3) is 6.43 Å². The van der Waals surface area contributed by atoms with E-state index in [0.29, 0.717) is 0 Å². The molecular formula is C4H3BrF4. The molecule has 0 aliphatic carbocycles. The van der Waals surface area contributed by atoms with Crippen molar-refractivity contribution in [3.8, 4) is 0 Å². The summed E-state index contributed by atoms with van der Waals surface area (Å²) in [7, 11) is 0. The zero-order valence-electron chi connectivity index (χ0n) is 4.12. The van der Waals surface area contributed by atoms with Crippen molar-refractivity contribution >= 4 is 15.9 Å². The number of halogens is 5. The average molecular weight is 207 g/mol. The molecule has 0 saturated carbocycles. The third kappa shape index (κ3) is 7.94. The number of hydrogen-bond donors (Lipinski definition) is 0. The molecule has 5 heteroatoms. The lowest BCUT2D eigenvalue weighted by molar-refractivity contribution is 0.162. The van der Waals surface area contributed by atoms with Gasteiger partial charge in [0.1, 0.15) is 0 Å². The van der Waals surface area contributed by atoms with Crippen LogP contribution in [-0.4, -0.2) is 11.3 Å². The van der Waals surface area contributed by atoms with Crippen LogP contribution in [0.3, 0.4) is 0 Å². The van der Waals surface area contributed by atoms with E-state index in [1.54, 1.807) is 0 Å². The molecule has 0 aromatic heterocycles. The molecule has 0 nitrogen and oxygen atoms in total. The van der Waals surface area contributed by atoms with Crippen molar-refractivity contribution in [3.63, 3.8) is 0 Å². The van der Waals surface area contributed by atoms with Crippen LogP contribution in [0.25, 0.3) is 0 Å². The molecule has 54 valence electrons. The maximum atomic E-state index is 11.6. The molecule has 0 amide bonds. The van der Waals surface area contributed by atoms with Gasteiger partial charge in [-0.2, -0.15) is 8.78 Å². The second kappa shape index (κ2) is 3.20.